The van der Waals surface area contributed by atoms with Crippen LogP contribution in [0.5, 0.6) is 0 Å². The maximum Gasteiger partial charge on any atom is 0.316 e. The molecule has 0 spiro atoms. The Morgan fingerprint density at radius 1 is 1.24 bits per heavy atom. The Kier molecular flexibility index (Phi) is 6.89. The number of amides is 1. The zero-order chi connectivity index (χ0) is 18.4. The maximum atomic E-state index is 13.5. The molecule has 1 amide bonds. The van der Waals surface area contributed by atoms with Crippen LogP contribution >= 0.6 is 23.1 Å². The van der Waals surface area contributed by atoms with Gasteiger partial charge in [0, 0.05) is 10.6 Å². The van der Waals surface area contributed by atoms with E-state index in [-0.39, 0.29) is 5.75 Å². The van der Waals surface area contributed by atoms with Crippen LogP contribution in [0.2, 0.25) is 0 Å². The number of ether oxygens (including phenoxy) is 1. The van der Waals surface area contributed by atoms with Crippen LogP contribution in [-0.4, -0.2) is 23.7 Å². The van der Waals surface area contributed by atoms with Crippen LogP contribution < -0.4 is 5.32 Å². The minimum Gasteiger partial charge on any atom is -0.452 e. The number of rotatable bonds is 7. The summed E-state index contributed by atoms with van der Waals surface area (Å²) in [6.07, 6.45) is -1.21. The number of esters is 1. The van der Waals surface area contributed by atoms with E-state index in [1.807, 2.05) is 17.5 Å². The van der Waals surface area contributed by atoms with E-state index in [1.165, 1.54) is 18.7 Å². The lowest BCUT2D eigenvalue weighted by atomic mass is 10.2. The number of anilines is 1. The molecule has 0 bridgehead atoms. The topological polar surface area (TPSA) is 55.4 Å². The van der Waals surface area contributed by atoms with Gasteiger partial charge in [0.05, 0.1) is 11.4 Å². The summed E-state index contributed by atoms with van der Waals surface area (Å²) in [6, 6.07) is 5.42. The van der Waals surface area contributed by atoms with Crippen LogP contribution in [0, 0.1) is 17.5 Å². The monoisotopic (exact) mass is 389 g/mol. The quantitative estimate of drug-likeness (QED) is 0.575. The van der Waals surface area contributed by atoms with Gasteiger partial charge in [0.25, 0.3) is 5.91 Å². The molecule has 0 radical (unpaired) electrons. The molecule has 9 heteroatoms. The van der Waals surface area contributed by atoms with Crippen LogP contribution in [0.4, 0.5) is 18.9 Å². The van der Waals surface area contributed by atoms with Gasteiger partial charge in [-0.2, -0.15) is 0 Å². The molecule has 0 aliphatic heterocycles. The number of halogens is 3. The summed E-state index contributed by atoms with van der Waals surface area (Å²) >= 11 is 2.90. The zero-order valence-corrected chi connectivity index (χ0v) is 14.7. The normalized spacial score (nSPS) is 11.8. The second kappa shape index (κ2) is 8.91. The molecule has 0 fully saturated rings. The first kappa shape index (κ1) is 19.3. The molecule has 2 aromatic rings. The van der Waals surface area contributed by atoms with Crippen LogP contribution in [0.1, 0.15) is 11.8 Å². The van der Waals surface area contributed by atoms with E-state index in [4.69, 9.17) is 4.74 Å². The molecule has 2 rings (SSSR count). The maximum absolute atomic E-state index is 13.5. The second-order valence-corrected chi connectivity index (χ2v) is 6.93. The van der Waals surface area contributed by atoms with E-state index in [0.717, 1.165) is 10.9 Å². The fourth-order valence-electron chi connectivity index (χ4n) is 1.77. The standard InChI is InChI=1S/C16H14F3NO3S2/c1-9(23-13(21)8-24-7-10-3-2-6-25-10)16(22)20-12-5-4-11(17)14(18)15(12)19/h2-6,9H,7-8H2,1H3,(H,20,22)/t9-/m0/s1. The summed E-state index contributed by atoms with van der Waals surface area (Å²) in [6.45, 7) is 1.30. The summed E-state index contributed by atoms with van der Waals surface area (Å²) in [5.41, 5.74) is -0.529. The van der Waals surface area contributed by atoms with Gasteiger partial charge in [0.2, 0.25) is 0 Å². The lowest BCUT2D eigenvalue weighted by Crippen LogP contribution is -2.31. The Labute approximate surface area is 150 Å². The molecule has 134 valence electrons. The molecule has 0 unspecified atom stereocenters. The predicted octanol–water partition coefficient (Wildman–Crippen LogP) is 3.97. The average Bonchev–Trinajstić information content (AvgIpc) is 3.08. The van der Waals surface area contributed by atoms with Crippen molar-refractivity contribution in [2.75, 3.05) is 11.1 Å². The molecule has 0 aliphatic carbocycles. The van der Waals surface area contributed by atoms with Gasteiger partial charge < -0.3 is 10.1 Å². The van der Waals surface area contributed by atoms with Gasteiger partial charge in [0.15, 0.2) is 23.6 Å². The third-order valence-corrected chi connectivity index (χ3v) is 5.03. The highest BCUT2D eigenvalue weighted by atomic mass is 32.2. The van der Waals surface area contributed by atoms with Crippen molar-refractivity contribution in [1.82, 2.24) is 0 Å². The number of hydrogen-bond acceptors (Lipinski definition) is 5. The van der Waals surface area contributed by atoms with E-state index < -0.39 is 41.1 Å². The number of benzene rings is 1. The van der Waals surface area contributed by atoms with Gasteiger partial charge >= 0.3 is 5.97 Å². The van der Waals surface area contributed by atoms with Crippen molar-refractivity contribution in [2.45, 2.75) is 18.8 Å². The Hall–Kier alpha value is -2.00. The minimum atomic E-state index is -1.69. The van der Waals surface area contributed by atoms with Crippen molar-refractivity contribution in [3.05, 3.63) is 52.0 Å². The van der Waals surface area contributed by atoms with Crippen LogP contribution in [0.25, 0.3) is 0 Å². The van der Waals surface area contributed by atoms with E-state index in [2.05, 4.69) is 5.32 Å². The smallest absolute Gasteiger partial charge is 0.316 e. The van der Waals surface area contributed by atoms with Crippen LogP contribution in [0.15, 0.2) is 29.6 Å². The van der Waals surface area contributed by atoms with E-state index in [9.17, 15) is 22.8 Å². The molecule has 25 heavy (non-hydrogen) atoms. The first-order valence-electron chi connectivity index (χ1n) is 7.12. The molecular weight excluding hydrogens is 375 g/mol. The van der Waals surface area contributed by atoms with Gasteiger partial charge in [0.1, 0.15) is 0 Å². The highest BCUT2D eigenvalue weighted by Crippen LogP contribution is 2.20. The summed E-state index contributed by atoms with van der Waals surface area (Å²) < 4.78 is 44.4. The number of thiophene rings is 1. The van der Waals surface area contributed by atoms with Crippen molar-refractivity contribution in [3.63, 3.8) is 0 Å². The molecule has 4 nitrogen and oxygen atoms in total. The van der Waals surface area contributed by atoms with Gasteiger partial charge in [-0.1, -0.05) is 6.07 Å². The van der Waals surface area contributed by atoms with Gasteiger partial charge in [-0.3, -0.25) is 9.59 Å². The van der Waals surface area contributed by atoms with Crippen molar-refractivity contribution < 1.29 is 27.5 Å². The highest BCUT2D eigenvalue weighted by Gasteiger charge is 2.21. The first-order valence-corrected chi connectivity index (χ1v) is 9.16. The predicted molar refractivity (Wildman–Crippen MR) is 91.0 cm³/mol. The first-order chi connectivity index (χ1) is 11.9. The van der Waals surface area contributed by atoms with Crippen molar-refractivity contribution in [1.29, 1.82) is 0 Å². The van der Waals surface area contributed by atoms with E-state index in [0.29, 0.717) is 11.8 Å². The van der Waals surface area contributed by atoms with E-state index >= 15 is 0 Å². The van der Waals surface area contributed by atoms with Crippen LogP contribution in [0.3, 0.4) is 0 Å². The van der Waals surface area contributed by atoms with Gasteiger partial charge in [-0.05, 0) is 30.5 Å². The highest BCUT2D eigenvalue weighted by molar-refractivity contribution is 7.99. The van der Waals surface area contributed by atoms with Crippen LogP contribution in [-0.2, 0) is 20.1 Å². The summed E-state index contributed by atoms with van der Waals surface area (Å²) in [5.74, 6) is -5.32. The third-order valence-electron chi connectivity index (χ3n) is 3.01. The number of nitrogens with one attached hydrogen (secondary N) is 1. The fourth-order valence-corrected chi connectivity index (χ4v) is 3.42. The minimum absolute atomic E-state index is 0.0507. The molecule has 0 saturated heterocycles. The molecule has 1 aromatic carbocycles. The second-order valence-electron chi connectivity index (χ2n) is 4.92. The largest absolute Gasteiger partial charge is 0.452 e. The van der Waals surface area contributed by atoms with Crippen molar-refractivity contribution in [3.8, 4) is 0 Å². The Balaban J connectivity index is 1.81. The summed E-state index contributed by atoms with van der Waals surface area (Å²) in [7, 11) is 0. The van der Waals surface area contributed by atoms with Gasteiger partial charge in [-0.25, -0.2) is 13.2 Å². The SMILES string of the molecule is C[C@H](OC(=O)CSCc1cccs1)C(=O)Nc1ccc(F)c(F)c1F. The van der Waals surface area contributed by atoms with Gasteiger partial charge in [-0.15, -0.1) is 23.1 Å². The molecule has 1 N–H and O–H groups in total. The lowest BCUT2D eigenvalue weighted by molar-refractivity contribution is -0.150. The lowest BCUT2D eigenvalue weighted by Gasteiger charge is -2.14. The summed E-state index contributed by atoms with van der Waals surface area (Å²) in [5, 5.41) is 3.99. The molecule has 0 saturated carbocycles. The number of carbonyl (C=O) groups excluding carboxylic acids is 2. The number of thioether (sulfide) groups is 1. The van der Waals surface area contributed by atoms with E-state index in [1.54, 1.807) is 11.3 Å². The number of carbonyl (C=O) groups is 2. The summed E-state index contributed by atoms with van der Waals surface area (Å²) in [4.78, 5) is 24.7. The molecule has 1 aromatic heterocycles. The third kappa shape index (κ3) is 5.50. The fraction of sp³-hybridized carbons (Fsp3) is 0.250. The zero-order valence-electron chi connectivity index (χ0n) is 13.1. The van der Waals surface area contributed by atoms with Crippen molar-refractivity contribution in [2.24, 2.45) is 0 Å². The Morgan fingerprint density at radius 2 is 2.00 bits per heavy atom. The Morgan fingerprint density at radius 3 is 2.68 bits per heavy atom. The Bertz CT molecular complexity index is 753. The molecule has 0 aliphatic rings. The molecule has 1 heterocycles. The number of hydrogen-bond donors (Lipinski definition) is 1. The van der Waals surface area contributed by atoms with Crippen molar-refractivity contribution >= 4 is 40.7 Å². The molecule has 1 atom stereocenters. The average molecular weight is 389 g/mol. The molecular formula is C16H14F3NO3S2.